The van der Waals surface area contributed by atoms with Gasteiger partial charge in [0.15, 0.2) is 5.76 Å². The normalized spacial score (nSPS) is 17.6. The van der Waals surface area contributed by atoms with Gasteiger partial charge in [0.25, 0.3) is 5.91 Å². The highest BCUT2D eigenvalue weighted by Gasteiger charge is 2.29. The lowest BCUT2D eigenvalue weighted by Crippen LogP contribution is -2.39. The van der Waals surface area contributed by atoms with E-state index in [1.54, 1.807) is 39.7 Å². The molecule has 2 amide bonds. The van der Waals surface area contributed by atoms with Gasteiger partial charge in [-0.15, -0.1) is 0 Å². The van der Waals surface area contributed by atoms with Crippen molar-refractivity contribution in [2.45, 2.75) is 31.1 Å². The molecule has 1 aliphatic rings. The van der Waals surface area contributed by atoms with Crippen molar-refractivity contribution in [1.29, 1.82) is 0 Å². The maximum absolute atomic E-state index is 12.7. The van der Waals surface area contributed by atoms with E-state index < -0.39 is 5.91 Å². The van der Waals surface area contributed by atoms with Crippen LogP contribution >= 0.6 is 11.8 Å². The van der Waals surface area contributed by atoms with E-state index in [9.17, 15) is 9.59 Å². The summed E-state index contributed by atoms with van der Waals surface area (Å²) in [6, 6.07) is 3.59. The van der Waals surface area contributed by atoms with Gasteiger partial charge >= 0.3 is 0 Å². The first kappa shape index (κ1) is 17.6. The van der Waals surface area contributed by atoms with Crippen LogP contribution in [0.3, 0.4) is 0 Å². The maximum atomic E-state index is 12.7. The second kappa shape index (κ2) is 7.77. The van der Waals surface area contributed by atoms with Gasteiger partial charge in [-0.3, -0.25) is 9.59 Å². The Labute approximate surface area is 150 Å². The molecule has 2 aromatic heterocycles. The predicted molar refractivity (Wildman–Crippen MR) is 95.2 cm³/mol. The number of hydrogen-bond acceptors (Lipinski definition) is 5. The molecule has 1 aliphatic heterocycles. The summed E-state index contributed by atoms with van der Waals surface area (Å²) < 4.78 is 7.42. The summed E-state index contributed by atoms with van der Waals surface area (Å²) in [4.78, 5) is 30.1. The number of piperidine rings is 1. The van der Waals surface area contributed by atoms with Crippen molar-refractivity contribution in [2.75, 3.05) is 19.3 Å². The van der Waals surface area contributed by atoms with Crippen LogP contribution < -0.4 is 5.73 Å². The van der Waals surface area contributed by atoms with Gasteiger partial charge in [-0.25, -0.2) is 4.98 Å². The molecule has 0 aromatic carbocycles. The number of aromatic nitrogens is 2. The summed E-state index contributed by atoms with van der Waals surface area (Å²) in [5.41, 5.74) is 5.29. The number of carbonyl (C=O) groups is 2. The van der Waals surface area contributed by atoms with Crippen LogP contribution in [0.25, 0.3) is 0 Å². The fourth-order valence-electron chi connectivity index (χ4n) is 3.22. The Hall–Kier alpha value is -2.22. The number of rotatable bonds is 6. The summed E-state index contributed by atoms with van der Waals surface area (Å²) in [5, 5.41) is 0. The number of amides is 2. The third kappa shape index (κ3) is 4.07. The smallest absolute Gasteiger partial charge is 0.289 e. The Bertz CT molecular complexity index is 755. The van der Waals surface area contributed by atoms with E-state index in [1.165, 1.54) is 0 Å². The monoisotopic (exact) mass is 362 g/mol. The van der Waals surface area contributed by atoms with Crippen LogP contribution in [0.5, 0.6) is 0 Å². The summed E-state index contributed by atoms with van der Waals surface area (Å²) in [6.45, 7) is 1.37. The Balaban J connectivity index is 1.71. The van der Waals surface area contributed by atoms with E-state index in [0.717, 1.165) is 30.2 Å². The molecule has 0 saturated carbocycles. The molecule has 0 spiro atoms. The molecule has 8 heteroatoms. The second-order valence-corrected chi connectivity index (χ2v) is 7.03. The van der Waals surface area contributed by atoms with E-state index in [-0.39, 0.29) is 18.4 Å². The molecule has 0 radical (unpaired) electrons. The molecule has 3 rings (SSSR count). The molecule has 7 nitrogen and oxygen atoms in total. The Morgan fingerprint density at radius 2 is 2.28 bits per heavy atom. The van der Waals surface area contributed by atoms with E-state index in [2.05, 4.69) is 4.98 Å². The van der Waals surface area contributed by atoms with Gasteiger partial charge in [0.2, 0.25) is 5.91 Å². The Morgan fingerprint density at radius 3 is 3.04 bits per heavy atom. The van der Waals surface area contributed by atoms with Crippen molar-refractivity contribution < 1.29 is 14.0 Å². The molecule has 2 aromatic rings. The van der Waals surface area contributed by atoms with E-state index in [4.69, 9.17) is 10.2 Å². The second-order valence-electron chi connectivity index (χ2n) is 6.17. The zero-order valence-electron chi connectivity index (χ0n) is 14.2. The van der Waals surface area contributed by atoms with Crippen LogP contribution in [-0.2, 0) is 17.1 Å². The number of primary amides is 1. The van der Waals surface area contributed by atoms with Crippen molar-refractivity contribution in [3.8, 4) is 0 Å². The van der Waals surface area contributed by atoms with E-state index in [0.29, 0.717) is 18.8 Å². The SMILES string of the molecule is CSCc1ccc(C(=O)N2CCC[C@@H](c3nccn3CC(N)=O)C2)o1. The van der Waals surface area contributed by atoms with Crippen molar-refractivity contribution in [1.82, 2.24) is 14.5 Å². The molecular formula is C17H22N4O3S. The average Bonchev–Trinajstić information content (AvgIpc) is 3.24. The summed E-state index contributed by atoms with van der Waals surface area (Å²) in [5.74, 6) is 2.34. The van der Waals surface area contributed by atoms with Gasteiger partial charge in [0, 0.05) is 31.4 Å². The molecule has 0 unspecified atom stereocenters. The molecule has 0 bridgehead atoms. The van der Waals surface area contributed by atoms with Crippen molar-refractivity contribution in [3.05, 3.63) is 41.9 Å². The average molecular weight is 362 g/mol. The van der Waals surface area contributed by atoms with Gasteiger partial charge in [-0.2, -0.15) is 11.8 Å². The van der Waals surface area contributed by atoms with Crippen LogP contribution in [0.15, 0.2) is 28.9 Å². The number of nitrogens with zero attached hydrogens (tertiary/aromatic N) is 3. The van der Waals surface area contributed by atoms with Gasteiger partial charge in [-0.05, 0) is 31.2 Å². The minimum Gasteiger partial charge on any atom is -0.455 e. The lowest BCUT2D eigenvalue weighted by atomic mass is 9.97. The number of hydrogen-bond donors (Lipinski definition) is 1. The number of likely N-dealkylation sites (tertiary alicyclic amines) is 1. The highest BCUT2D eigenvalue weighted by molar-refractivity contribution is 7.97. The van der Waals surface area contributed by atoms with Crippen LogP contribution in [0.4, 0.5) is 0 Å². The third-order valence-electron chi connectivity index (χ3n) is 4.31. The fraction of sp³-hybridized carbons (Fsp3) is 0.471. The molecular weight excluding hydrogens is 340 g/mol. The van der Waals surface area contributed by atoms with Crippen molar-refractivity contribution in [3.63, 3.8) is 0 Å². The number of nitrogens with two attached hydrogens (primary N) is 1. The van der Waals surface area contributed by atoms with E-state index >= 15 is 0 Å². The minimum atomic E-state index is -0.403. The predicted octanol–water partition coefficient (Wildman–Crippen LogP) is 1.84. The van der Waals surface area contributed by atoms with Crippen molar-refractivity contribution in [2.24, 2.45) is 5.73 Å². The first-order valence-electron chi connectivity index (χ1n) is 8.24. The van der Waals surface area contributed by atoms with Crippen LogP contribution in [0.1, 0.15) is 40.9 Å². The van der Waals surface area contributed by atoms with Gasteiger partial charge in [-0.1, -0.05) is 0 Å². The summed E-state index contributed by atoms with van der Waals surface area (Å²) >= 11 is 1.65. The van der Waals surface area contributed by atoms with E-state index in [1.807, 2.05) is 12.3 Å². The first-order valence-corrected chi connectivity index (χ1v) is 9.64. The zero-order valence-corrected chi connectivity index (χ0v) is 15.0. The van der Waals surface area contributed by atoms with Gasteiger partial charge < -0.3 is 19.6 Å². The molecule has 2 N–H and O–H groups in total. The fourth-order valence-corrected chi connectivity index (χ4v) is 3.66. The van der Waals surface area contributed by atoms with Crippen LogP contribution in [0.2, 0.25) is 0 Å². The first-order chi connectivity index (χ1) is 12.1. The molecule has 1 atom stereocenters. The highest BCUT2D eigenvalue weighted by Crippen LogP contribution is 2.27. The Morgan fingerprint density at radius 1 is 1.44 bits per heavy atom. The number of thioether (sulfide) groups is 1. The number of carbonyl (C=O) groups excluding carboxylic acids is 2. The summed E-state index contributed by atoms with van der Waals surface area (Å²) in [6.07, 6.45) is 7.23. The quantitative estimate of drug-likeness (QED) is 0.846. The topological polar surface area (TPSA) is 94.4 Å². The van der Waals surface area contributed by atoms with Crippen LogP contribution in [-0.4, -0.2) is 45.6 Å². The Kier molecular flexibility index (Phi) is 5.47. The molecule has 3 heterocycles. The van der Waals surface area contributed by atoms with Gasteiger partial charge in [0.1, 0.15) is 18.1 Å². The number of furan rings is 1. The molecule has 134 valence electrons. The lowest BCUT2D eigenvalue weighted by molar-refractivity contribution is -0.118. The molecule has 1 saturated heterocycles. The largest absolute Gasteiger partial charge is 0.455 e. The lowest BCUT2D eigenvalue weighted by Gasteiger charge is -2.32. The number of imidazole rings is 1. The zero-order chi connectivity index (χ0) is 17.8. The molecule has 1 fully saturated rings. The summed E-state index contributed by atoms with van der Waals surface area (Å²) in [7, 11) is 0. The molecule has 0 aliphatic carbocycles. The standard InChI is InChI=1S/C17H22N4O3S/c1-25-11-13-4-5-14(24-13)17(23)21-7-2-3-12(9-21)16-19-6-8-20(16)10-15(18)22/h4-6,8,12H,2-3,7,9-11H2,1H3,(H2,18,22)/t12-/m1/s1. The third-order valence-corrected chi connectivity index (χ3v) is 4.88. The van der Waals surface area contributed by atoms with Crippen molar-refractivity contribution >= 4 is 23.6 Å². The minimum absolute atomic E-state index is 0.0904. The maximum Gasteiger partial charge on any atom is 0.289 e. The van der Waals surface area contributed by atoms with Crippen LogP contribution in [0, 0.1) is 0 Å². The van der Waals surface area contributed by atoms with Gasteiger partial charge in [0.05, 0.1) is 5.75 Å². The molecule has 25 heavy (non-hydrogen) atoms. The highest BCUT2D eigenvalue weighted by atomic mass is 32.2.